The summed E-state index contributed by atoms with van der Waals surface area (Å²) < 4.78 is 5.81. The van der Waals surface area contributed by atoms with Gasteiger partial charge in [0.05, 0.1) is 6.61 Å². The van der Waals surface area contributed by atoms with Crippen LogP contribution in [-0.4, -0.2) is 42.9 Å². The average molecular weight is 255 g/mol. The van der Waals surface area contributed by atoms with Crippen LogP contribution in [0.3, 0.4) is 0 Å². The number of hydrogen-bond donors (Lipinski definition) is 1. The molecule has 1 aliphatic heterocycles. The summed E-state index contributed by atoms with van der Waals surface area (Å²) in [6.45, 7) is 4.34. The first kappa shape index (κ1) is 13.0. The Morgan fingerprint density at radius 3 is 3.12 bits per heavy atom. The van der Waals surface area contributed by atoms with Crippen LogP contribution in [0.4, 0.5) is 0 Å². The second-order valence-corrected chi connectivity index (χ2v) is 5.44. The molecule has 17 heavy (non-hydrogen) atoms. The van der Waals surface area contributed by atoms with Crippen LogP contribution in [0.25, 0.3) is 0 Å². The summed E-state index contributed by atoms with van der Waals surface area (Å²) in [4.78, 5) is 3.82. The zero-order valence-corrected chi connectivity index (χ0v) is 11.0. The van der Waals surface area contributed by atoms with E-state index in [1.165, 1.54) is 11.3 Å². The maximum Gasteiger partial charge on any atom is 0.104 e. The predicted octanol–water partition coefficient (Wildman–Crippen LogP) is 2.28. The summed E-state index contributed by atoms with van der Waals surface area (Å²) in [6, 6.07) is 4.24. The molecule has 1 N–H and O–H groups in total. The first-order valence-corrected chi connectivity index (χ1v) is 7.26. The van der Waals surface area contributed by atoms with Crippen molar-refractivity contribution in [2.24, 2.45) is 0 Å². The first-order valence-electron chi connectivity index (χ1n) is 6.38. The van der Waals surface area contributed by atoms with Gasteiger partial charge >= 0.3 is 0 Å². The third-order valence-electron chi connectivity index (χ3n) is 3.14. The van der Waals surface area contributed by atoms with Crippen molar-refractivity contribution in [3.8, 4) is 0 Å². The van der Waals surface area contributed by atoms with Crippen molar-refractivity contribution < 1.29 is 9.84 Å². The third kappa shape index (κ3) is 4.07. The van der Waals surface area contributed by atoms with Crippen molar-refractivity contribution >= 4 is 11.3 Å². The van der Waals surface area contributed by atoms with Crippen molar-refractivity contribution in [1.82, 2.24) is 4.90 Å². The fourth-order valence-electron chi connectivity index (χ4n) is 2.18. The Labute approximate surface area is 107 Å². The zero-order chi connectivity index (χ0) is 11.9. The van der Waals surface area contributed by atoms with Gasteiger partial charge in [-0.1, -0.05) is 6.07 Å². The molecule has 2 heterocycles. The minimum atomic E-state index is 0.265. The van der Waals surface area contributed by atoms with Gasteiger partial charge in [0.25, 0.3) is 0 Å². The molecule has 1 aliphatic rings. The number of aliphatic hydroxyl groups excluding tert-OH is 1. The van der Waals surface area contributed by atoms with E-state index in [0.717, 1.165) is 39.1 Å². The number of hydrogen-bond acceptors (Lipinski definition) is 4. The average Bonchev–Trinajstić information content (AvgIpc) is 2.89. The molecule has 0 spiro atoms. The summed E-state index contributed by atoms with van der Waals surface area (Å²) in [5.41, 5.74) is 0. The number of morpholine rings is 1. The van der Waals surface area contributed by atoms with Gasteiger partial charge in [0.15, 0.2) is 0 Å². The fourth-order valence-corrected chi connectivity index (χ4v) is 2.94. The topological polar surface area (TPSA) is 32.7 Å². The molecule has 1 atom stereocenters. The van der Waals surface area contributed by atoms with Crippen LogP contribution in [0, 0.1) is 0 Å². The van der Waals surface area contributed by atoms with Crippen LogP contribution in [0.2, 0.25) is 0 Å². The van der Waals surface area contributed by atoms with Gasteiger partial charge in [0.1, 0.15) is 6.10 Å². The molecule has 0 aromatic carbocycles. The lowest BCUT2D eigenvalue weighted by Crippen LogP contribution is -2.38. The first-order chi connectivity index (χ1) is 8.40. The molecule has 0 saturated carbocycles. The van der Waals surface area contributed by atoms with Crippen molar-refractivity contribution in [2.75, 3.05) is 32.8 Å². The van der Waals surface area contributed by atoms with Gasteiger partial charge in [-0.05, 0) is 37.3 Å². The summed E-state index contributed by atoms with van der Waals surface area (Å²) in [7, 11) is 0. The highest BCUT2D eigenvalue weighted by Gasteiger charge is 2.21. The quantitative estimate of drug-likeness (QED) is 0.792. The van der Waals surface area contributed by atoms with Crippen molar-refractivity contribution in [2.45, 2.75) is 25.4 Å². The van der Waals surface area contributed by atoms with E-state index >= 15 is 0 Å². The predicted molar refractivity (Wildman–Crippen MR) is 70.4 cm³/mol. The smallest absolute Gasteiger partial charge is 0.104 e. The minimum Gasteiger partial charge on any atom is -0.396 e. The number of unbranched alkanes of at least 4 members (excludes halogenated alkanes) is 2. The van der Waals surface area contributed by atoms with Gasteiger partial charge in [-0.3, -0.25) is 4.90 Å². The molecule has 0 bridgehead atoms. The van der Waals surface area contributed by atoms with E-state index < -0.39 is 0 Å². The lowest BCUT2D eigenvalue weighted by atomic mass is 10.2. The second kappa shape index (κ2) is 7.11. The Kier molecular flexibility index (Phi) is 5.45. The molecule has 1 fully saturated rings. The van der Waals surface area contributed by atoms with Gasteiger partial charge in [-0.2, -0.15) is 0 Å². The molecule has 2 rings (SSSR count). The van der Waals surface area contributed by atoms with Crippen LogP contribution in [0.15, 0.2) is 17.5 Å². The van der Waals surface area contributed by atoms with Gasteiger partial charge in [0, 0.05) is 24.6 Å². The normalized spacial score (nSPS) is 21.8. The van der Waals surface area contributed by atoms with E-state index in [1.807, 2.05) is 0 Å². The second-order valence-electron chi connectivity index (χ2n) is 4.46. The highest BCUT2D eigenvalue weighted by Crippen LogP contribution is 2.26. The molecule has 0 aliphatic carbocycles. The SMILES string of the molecule is OCCCCCN1CCOC(c2cccs2)C1. The van der Waals surface area contributed by atoms with E-state index in [-0.39, 0.29) is 6.10 Å². The minimum absolute atomic E-state index is 0.265. The van der Waals surface area contributed by atoms with Crippen molar-refractivity contribution in [1.29, 1.82) is 0 Å². The Hall–Kier alpha value is -0.420. The number of nitrogens with zero attached hydrogens (tertiary/aromatic N) is 1. The number of aliphatic hydroxyl groups is 1. The number of thiophene rings is 1. The maximum absolute atomic E-state index is 8.74. The Balaban J connectivity index is 1.73. The summed E-state index contributed by atoms with van der Waals surface area (Å²) >= 11 is 1.78. The molecule has 0 radical (unpaired) electrons. The maximum atomic E-state index is 8.74. The third-order valence-corrected chi connectivity index (χ3v) is 4.11. The van der Waals surface area contributed by atoms with E-state index in [1.54, 1.807) is 11.3 Å². The van der Waals surface area contributed by atoms with Crippen LogP contribution in [0.5, 0.6) is 0 Å². The van der Waals surface area contributed by atoms with Gasteiger partial charge in [0.2, 0.25) is 0 Å². The summed E-state index contributed by atoms with van der Waals surface area (Å²) in [5, 5.41) is 10.8. The molecule has 4 heteroatoms. The Morgan fingerprint density at radius 1 is 1.41 bits per heavy atom. The lowest BCUT2D eigenvalue weighted by molar-refractivity contribution is -0.0286. The molecule has 1 aromatic heterocycles. The molecule has 1 aromatic rings. The zero-order valence-electron chi connectivity index (χ0n) is 10.2. The molecule has 1 unspecified atom stereocenters. The lowest BCUT2D eigenvalue weighted by Gasteiger charge is -2.32. The molecular formula is C13H21NO2S. The van der Waals surface area contributed by atoms with Crippen molar-refractivity contribution in [3.05, 3.63) is 22.4 Å². The largest absolute Gasteiger partial charge is 0.396 e. The van der Waals surface area contributed by atoms with E-state index in [0.29, 0.717) is 6.61 Å². The molecule has 3 nitrogen and oxygen atoms in total. The van der Waals surface area contributed by atoms with Gasteiger partial charge < -0.3 is 9.84 Å². The van der Waals surface area contributed by atoms with Crippen LogP contribution >= 0.6 is 11.3 Å². The Morgan fingerprint density at radius 2 is 2.35 bits per heavy atom. The molecule has 96 valence electrons. The van der Waals surface area contributed by atoms with E-state index in [2.05, 4.69) is 22.4 Å². The number of rotatable bonds is 6. The van der Waals surface area contributed by atoms with Crippen LogP contribution in [-0.2, 0) is 4.74 Å². The Bertz CT molecular complexity index is 302. The van der Waals surface area contributed by atoms with Crippen LogP contribution in [0.1, 0.15) is 30.2 Å². The van der Waals surface area contributed by atoms with E-state index in [4.69, 9.17) is 9.84 Å². The standard InChI is InChI=1S/C13H21NO2S/c15-8-3-1-2-6-14-7-9-16-12(11-14)13-5-4-10-17-13/h4-5,10,12,15H,1-3,6-9,11H2. The van der Waals surface area contributed by atoms with E-state index in [9.17, 15) is 0 Å². The fraction of sp³-hybridized carbons (Fsp3) is 0.692. The highest BCUT2D eigenvalue weighted by atomic mass is 32.1. The molecule has 0 amide bonds. The summed E-state index contributed by atoms with van der Waals surface area (Å²) in [6.07, 6.45) is 3.50. The monoisotopic (exact) mass is 255 g/mol. The summed E-state index contributed by atoms with van der Waals surface area (Å²) in [5.74, 6) is 0. The van der Waals surface area contributed by atoms with Crippen LogP contribution < -0.4 is 0 Å². The highest BCUT2D eigenvalue weighted by molar-refractivity contribution is 7.10. The molecular weight excluding hydrogens is 234 g/mol. The van der Waals surface area contributed by atoms with Crippen molar-refractivity contribution in [3.63, 3.8) is 0 Å². The molecule has 1 saturated heterocycles. The van der Waals surface area contributed by atoms with Gasteiger partial charge in [-0.15, -0.1) is 11.3 Å². The van der Waals surface area contributed by atoms with Gasteiger partial charge in [-0.25, -0.2) is 0 Å². The number of ether oxygens (including phenoxy) is 1.